The van der Waals surface area contributed by atoms with Gasteiger partial charge in [0, 0.05) is 11.8 Å². The van der Waals surface area contributed by atoms with E-state index in [1.807, 2.05) is 4.72 Å². The number of carbonyl (C=O) groups excluding carboxylic acids is 1. The summed E-state index contributed by atoms with van der Waals surface area (Å²) in [7, 11) is -4.30. The van der Waals surface area contributed by atoms with Gasteiger partial charge in [0.2, 0.25) is 11.8 Å². The number of carbonyl (C=O) groups is 1. The summed E-state index contributed by atoms with van der Waals surface area (Å²) in [6.07, 6.45) is 0.447. The molecule has 1 aromatic carbocycles. The third kappa shape index (κ3) is 6.20. The fourth-order valence-electron chi connectivity index (χ4n) is 2.09. The Bertz CT molecular complexity index is 960. The molecular formula is C17H24N4O5SSi. The van der Waals surface area contributed by atoms with Crippen molar-refractivity contribution in [1.29, 1.82) is 0 Å². The lowest BCUT2D eigenvalue weighted by Gasteiger charge is -2.18. The zero-order chi connectivity index (χ0) is 20.9. The molecule has 0 aliphatic carbocycles. The topological polar surface area (TPSA) is 120 Å². The first-order chi connectivity index (χ1) is 13.0. The van der Waals surface area contributed by atoms with Gasteiger partial charge in [0.25, 0.3) is 10.0 Å². The Morgan fingerprint density at radius 1 is 1.18 bits per heavy atom. The van der Waals surface area contributed by atoms with Crippen LogP contribution in [0.5, 0.6) is 11.6 Å². The summed E-state index contributed by atoms with van der Waals surface area (Å²) in [6.45, 7) is 8.00. The highest BCUT2D eigenvalue weighted by atomic mass is 32.2. The number of methoxy groups -OCH3 is 1. The van der Waals surface area contributed by atoms with Crippen LogP contribution in [0.25, 0.3) is 0 Å². The second-order valence-corrected chi connectivity index (χ2v) is 14.3. The van der Waals surface area contributed by atoms with Gasteiger partial charge in [-0.3, -0.25) is 5.32 Å². The normalized spacial score (nSPS) is 11.6. The number of amides is 2. The van der Waals surface area contributed by atoms with Crippen LogP contribution in [-0.4, -0.2) is 45.8 Å². The van der Waals surface area contributed by atoms with Gasteiger partial charge in [-0.2, -0.15) is 4.98 Å². The summed E-state index contributed by atoms with van der Waals surface area (Å²) in [5.74, 6) is 0.363. The molecule has 2 rings (SSSR count). The van der Waals surface area contributed by atoms with E-state index in [0.29, 0.717) is 11.9 Å². The molecule has 0 bridgehead atoms. The number of para-hydroxylation sites is 1. The van der Waals surface area contributed by atoms with Crippen LogP contribution in [-0.2, 0) is 10.0 Å². The van der Waals surface area contributed by atoms with Crippen molar-refractivity contribution in [3.05, 3.63) is 36.0 Å². The van der Waals surface area contributed by atoms with Crippen molar-refractivity contribution >= 4 is 30.1 Å². The van der Waals surface area contributed by atoms with Gasteiger partial charge in [-0.1, -0.05) is 31.8 Å². The first-order valence-electron chi connectivity index (χ1n) is 8.45. The van der Waals surface area contributed by atoms with Gasteiger partial charge in [0.1, 0.15) is 10.6 Å². The fraction of sp³-hybridized carbons (Fsp3) is 0.353. The molecule has 2 amide bonds. The van der Waals surface area contributed by atoms with Crippen LogP contribution in [0.3, 0.4) is 0 Å². The second kappa shape index (κ2) is 8.57. The van der Waals surface area contributed by atoms with Gasteiger partial charge in [-0.15, -0.1) is 0 Å². The number of hydrogen-bond donors (Lipinski definition) is 2. The first-order valence-corrected chi connectivity index (χ1v) is 13.6. The van der Waals surface area contributed by atoms with Gasteiger partial charge in [-0.05, 0) is 19.1 Å². The van der Waals surface area contributed by atoms with Crippen LogP contribution < -0.4 is 19.5 Å². The van der Waals surface area contributed by atoms with Gasteiger partial charge in [0.15, 0.2) is 0 Å². The third-order valence-corrected chi connectivity index (χ3v) is 5.67. The largest absolute Gasteiger partial charge is 0.496 e. The molecule has 11 heteroatoms. The van der Waals surface area contributed by atoms with Crippen molar-refractivity contribution in [2.24, 2.45) is 0 Å². The molecule has 0 saturated carbocycles. The minimum absolute atomic E-state index is 0.0761. The number of sulfonamides is 1. The molecule has 28 heavy (non-hydrogen) atoms. The zero-order valence-corrected chi connectivity index (χ0v) is 18.3. The maximum Gasteiger partial charge on any atom is 0.335 e. The van der Waals surface area contributed by atoms with Gasteiger partial charge >= 0.3 is 6.03 Å². The van der Waals surface area contributed by atoms with E-state index < -0.39 is 24.1 Å². The number of nitrogens with one attached hydrogen (secondary N) is 2. The number of anilines is 1. The monoisotopic (exact) mass is 424 g/mol. The van der Waals surface area contributed by atoms with Crippen LogP contribution in [0.4, 0.5) is 10.7 Å². The van der Waals surface area contributed by atoms with E-state index in [0.717, 1.165) is 0 Å². The van der Waals surface area contributed by atoms with Gasteiger partial charge < -0.3 is 9.47 Å². The Labute approximate surface area is 165 Å². The molecule has 0 aliphatic rings. The molecule has 1 aromatic heterocycles. The third-order valence-electron chi connectivity index (χ3n) is 3.29. The quantitative estimate of drug-likeness (QED) is 0.656. The number of ether oxygens (including phenoxy) is 2. The maximum absolute atomic E-state index is 12.7. The lowest BCUT2D eigenvalue weighted by atomic mass is 10.3. The summed E-state index contributed by atoms with van der Waals surface area (Å²) in [4.78, 5) is 20.0. The molecule has 152 valence electrons. The van der Waals surface area contributed by atoms with Crippen molar-refractivity contribution in [2.45, 2.75) is 31.5 Å². The number of aromatic nitrogens is 2. The van der Waals surface area contributed by atoms with E-state index in [4.69, 9.17) is 9.47 Å². The van der Waals surface area contributed by atoms with E-state index in [2.05, 4.69) is 34.9 Å². The first kappa shape index (κ1) is 21.6. The lowest BCUT2D eigenvalue weighted by molar-refractivity contribution is 0.256. The van der Waals surface area contributed by atoms with Crippen molar-refractivity contribution in [1.82, 2.24) is 14.7 Å². The second-order valence-electron chi connectivity index (χ2n) is 7.23. The average molecular weight is 425 g/mol. The Kier molecular flexibility index (Phi) is 6.62. The minimum Gasteiger partial charge on any atom is -0.496 e. The van der Waals surface area contributed by atoms with E-state index >= 15 is 0 Å². The predicted octanol–water partition coefficient (Wildman–Crippen LogP) is 2.56. The smallest absolute Gasteiger partial charge is 0.335 e. The SMILES string of the molecule is COc1cc(C)nc(NC(=O)NS(=O)(=O)c2ccccc2OC[Si](C)(C)C)n1. The van der Waals surface area contributed by atoms with Gasteiger partial charge in [0.05, 0.1) is 21.4 Å². The molecule has 0 atom stereocenters. The summed E-state index contributed by atoms with van der Waals surface area (Å²) in [6, 6.07) is 6.75. The highest BCUT2D eigenvalue weighted by Crippen LogP contribution is 2.24. The van der Waals surface area contributed by atoms with Crippen LogP contribution in [0.1, 0.15) is 5.69 Å². The number of aryl methyl sites for hydroxylation is 1. The lowest BCUT2D eigenvalue weighted by Crippen LogP contribution is -2.35. The van der Waals surface area contributed by atoms with E-state index in [1.54, 1.807) is 31.2 Å². The molecule has 0 spiro atoms. The minimum atomic E-state index is -4.16. The number of nitrogens with zero attached hydrogens (tertiary/aromatic N) is 2. The van der Waals surface area contributed by atoms with Crippen molar-refractivity contribution in [2.75, 3.05) is 18.7 Å². The zero-order valence-electron chi connectivity index (χ0n) is 16.4. The van der Waals surface area contributed by atoms with E-state index in [9.17, 15) is 13.2 Å². The number of hydrogen-bond acceptors (Lipinski definition) is 7. The Morgan fingerprint density at radius 2 is 1.86 bits per heavy atom. The number of benzene rings is 1. The summed E-state index contributed by atoms with van der Waals surface area (Å²) in [5.41, 5.74) is 0.551. The summed E-state index contributed by atoms with van der Waals surface area (Å²) in [5, 5.41) is 2.29. The van der Waals surface area contributed by atoms with Crippen LogP contribution in [0.2, 0.25) is 19.6 Å². The maximum atomic E-state index is 12.7. The number of urea groups is 1. The summed E-state index contributed by atoms with van der Waals surface area (Å²) < 4.78 is 38.0. The highest BCUT2D eigenvalue weighted by molar-refractivity contribution is 7.90. The van der Waals surface area contributed by atoms with Crippen molar-refractivity contribution < 1.29 is 22.7 Å². The molecule has 0 saturated heterocycles. The molecule has 0 unspecified atom stereocenters. The standard InChI is InChI=1S/C17H24N4O5SSi/c1-12-10-15(25-2)19-16(18-12)20-17(22)21-27(23,24)14-9-7-6-8-13(14)26-11-28(3,4)5/h6-10H,11H2,1-5H3,(H2,18,19,20,21,22). The van der Waals surface area contributed by atoms with Crippen molar-refractivity contribution in [3.63, 3.8) is 0 Å². The Morgan fingerprint density at radius 3 is 2.50 bits per heavy atom. The molecule has 9 nitrogen and oxygen atoms in total. The predicted molar refractivity (Wildman–Crippen MR) is 108 cm³/mol. The molecule has 1 heterocycles. The van der Waals surface area contributed by atoms with E-state index in [-0.39, 0.29) is 22.5 Å². The highest BCUT2D eigenvalue weighted by Gasteiger charge is 2.24. The molecule has 0 fully saturated rings. The van der Waals surface area contributed by atoms with Crippen molar-refractivity contribution in [3.8, 4) is 11.6 Å². The molecule has 2 aromatic rings. The van der Waals surface area contributed by atoms with Crippen LogP contribution in [0.15, 0.2) is 35.2 Å². The Hall–Kier alpha value is -2.66. The molecule has 0 aliphatic heterocycles. The van der Waals surface area contributed by atoms with Crippen LogP contribution >= 0.6 is 0 Å². The average Bonchev–Trinajstić information content (AvgIpc) is 2.58. The molecular weight excluding hydrogens is 400 g/mol. The van der Waals surface area contributed by atoms with E-state index in [1.165, 1.54) is 13.2 Å². The number of rotatable bonds is 7. The molecule has 0 radical (unpaired) electrons. The fourth-order valence-corrected chi connectivity index (χ4v) is 3.73. The summed E-state index contributed by atoms with van der Waals surface area (Å²) >= 11 is 0. The Balaban J connectivity index is 2.17. The molecule has 2 N–H and O–H groups in total. The van der Waals surface area contributed by atoms with Crippen LogP contribution in [0, 0.1) is 6.92 Å². The van der Waals surface area contributed by atoms with Gasteiger partial charge in [-0.25, -0.2) is 22.9 Å².